The maximum atomic E-state index is 12.5. The van der Waals surface area contributed by atoms with Crippen molar-refractivity contribution in [2.45, 2.75) is 38.8 Å². The number of nitrogens with one attached hydrogen (secondary N) is 1. The van der Waals surface area contributed by atoms with E-state index in [4.69, 9.17) is 4.42 Å². The van der Waals surface area contributed by atoms with E-state index >= 15 is 0 Å². The highest BCUT2D eigenvalue weighted by molar-refractivity contribution is 6.02. The zero-order valence-electron chi connectivity index (χ0n) is 16.4. The summed E-state index contributed by atoms with van der Waals surface area (Å²) >= 11 is 0. The van der Waals surface area contributed by atoms with Crippen molar-refractivity contribution in [3.8, 4) is 0 Å². The van der Waals surface area contributed by atoms with Crippen molar-refractivity contribution >= 4 is 11.6 Å². The predicted octanol–water partition coefficient (Wildman–Crippen LogP) is 1.91. The Labute approximate surface area is 165 Å². The third-order valence-electron chi connectivity index (χ3n) is 5.49. The number of hydrogen-bond donors (Lipinski definition) is 2. The number of amides is 1. The number of nitrogens with zero attached hydrogens (tertiary/aromatic N) is 3. The van der Waals surface area contributed by atoms with Crippen LogP contribution in [0.2, 0.25) is 0 Å². The van der Waals surface area contributed by atoms with Gasteiger partial charge in [-0.3, -0.25) is 14.6 Å². The molecule has 1 aromatic heterocycles. The Balaban J connectivity index is 1.30. The van der Waals surface area contributed by atoms with Gasteiger partial charge in [0.05, 0.1) is 12.6 Å². The lowest BCUT2D eigenvalue weighted by molar-refractivity contribution is 0.0747. The summed E-state index contributed by atoms with van der Waals surface area (Å²) in [6, 6.07) is 6.12. The van der Waals surface area contributed by atoms with E-state index in [1.54, 1.807) is 0 Å². The van der Waals surface area contributed by atoms with Gasteiger partial charge in [0, 0.05) is 38.4 Å². The molecule has 0 unspecified atom stereocenters. The number of hydrogen-bond acceptors (Lipinski definition) is 6. The fourth-order valence-electron chi connectivity index (χ4n) is 4.03. The van der Waals surface area contributed by atoms with Gasteiger partial charge in [0.15, 0.2) is 5.69 Å². The number of oxazole rings is 1. The quantitative estimate of drug-likeness (QED) is 0.792. The van der Waals surface area contributed by atoms with Crippen molar-refractivity contribution in [1.82, 2.24) is 14.8 Å². The molecule has 1 aromatic carbocycles. The largest absolute Gasteiger partial charge is 0.447 e. The second kappa shape index (κ2) is 8.43. The van der Waals surface area contributed by atoms with Gasteiger partial charge in [-0.05, 0) is 49.4 Å². The van der Waals surface area contributed by atoms with Gasteiger partial charge in [0.1, 0.15) is 6.26 Å². The molecule has 28 heavy (non-hydrogen) atoms. The Kier molecular flexibility index (Phi) is 5.75. The van der Waals surface area contributed by atoms with E-state index in [9.17, 15) is 9.90 Å². The Morgan fingerprint density at radius 2 is 1.96 bits per heavy atom. The zero-order valence-corrected chi connectivity index (χ0v) is 16.4. The summed E-state index contributed by atoms with van der Waals surface area (Å²) in [6.45, 7) is 6.73. The minimum atomic E-state index is -0.301. The zero-order chi connectivity index (χ0) is 19.5. The normalized spacial score (nSPS) is 18.8. The fourth-order valence-corrected chi connectivity index (χ4v) is 4.03. The third-order valence-corrected chi connectivity index (χ3v) is 5.49. The summed E-state index contributed by atoms with van der Waals surface area (Å²) in [5, 5.41) is 12.4. The molecule has 0 spiro atoms. The number of anilines is 1. The lowest BCUT2D eigenvalue weighted by Crippen LogP contribution is -2.47. The second-order valence-electron chi connectivity index (χ2n) is 7.84. The molecule has 0 radical (unpaired) electrons. The minimum absolute atomic E-state index is 0.241. The molecule has 1 aliphatic carbocycles. The maximum Gasteiger partial charge on any atom is 0.277 e. The molecule has 1 saturated heterocycles. The number of rotatable bonds is 6. The van der Waals surface area contributed by atoms with Crippen LogP contribution in [0, 0.1) is 0 Å². The Morgan fingerprint density at radius 3 is 2.75 bits per heavy atom. The molecule has 0 saturated carbocycles. The molecule has 150 valence electrons. The van der Waals surface area contributed by atoms with Crippen LogP contribution in [0.1, 0.15) is 40.9 Å². The van der Waals surface area contributed by atoms with Crippen LogP contribution in [0.15, 0.2) is 28.9 Å². The molecule has 4 rings (SSSR count). The van der Waals surface area contributed by atoms with Crippen molar-refractivity contribution in [2.24, 2.45) is 0 Å². The highest BCUT2D eigenvalue weighted by Gasteiger charge is 2.21. The molecule has 2 heterocycles. The van der Waals surface area contributed by atoms with E-state index in [-0.39, 0.29) is 12.0 Å². The predicted molar refractivity (Wildman–Crippen MR) is 106 cm³/mol. The minimum Gasteiger partial charge on any atom is -0.447 e. The molecule has 7 nitrogen and oxygen atoms in total. The first-order chi connectivity index (χ1) is 13.6. The van der Waals surface area contributed by atoms with E-state index in [0.717, 1.165) is 44.7 Å². The molecule has 2 N–H and O–H groups in total. The van der Waals surface area contributed by atoms with Gasteiger partial charge in [0.25, 0.3) is 5.91 Å². The van der Waals surface area contributed by atoms with E-state index in [0.29, 0.717) is 24.7 Å². The second-order valence-corrected chi connectivity index (χ2v) is 7.84. The number of aromatic nitrogens is 1. The average molecular weight is 384 g/mol. The number of β-amino-alcohol motifs (C(OH)–C–C–N with tert-alkyl or cyclic N) is 1. The molecule has 0 bridgehead atoms. The smallest absolute Gasteiger partial charge is 0.277 e. The van der Waals surface area contributed by atoms with Crippen LogP contribution in [0.25, 0.3) is 0 Å². The van der Waals surface area contributed by atoms with Crippen LogP contribution in [0.3, 0.4) is 0 Å². The van der Waals surface area contributed by atoms with Crippen LogP contribution in [-0.4, -0.2) is 64.6 Å². The number of aliphatic hydroxyl groups excluding tert-OH is 1. The molecule has 7 heteroatoms. The summed E-state index contributed by atoms with van der Waals surface area (Å²) in [6.07, 6.45) is 4.53. The first-order valence-electron chi connectivity index (χ1n) is 10.1. The Bertz CT molecular complexity index is 825. The standard InChI is InChI=1S/C21H28N4O3/c1-15(26)12-24-7-9-25(10-8-24)13-20-23-19(14-28-20)21(27)22-18-6-5-16-3-2-4-17(16)11-18/h5-6,11,14-15,26H,2-4,7-10,12-13H2,1H3,(H,22,27)/t15-/m1/s1. The monoisotopic (exact) mass is 384 g/mol. The van der Waals surface area contributed by atoms with E-state index in [1.165, 1.54) is 23.8 Å². The number of aryl methyl sites for hydroxylation is 2. The summed E-state index contributed by atoms with van der Waals surface area (Å²) in [5.74, 6) is 0.317. The van der Waals surface area contributed by atoms with Gasteiger partial charge in [-0.15, -0.1) is 0 Å². The third kappa shape index (κ3) is 4.60. The van der Waals surface area contributed by atoms with E-state index in [1.807, 2.05) is 13.0 Å². The van der Waals surface area contributed by atoms with Crippen molar-refractivity contribution in [1.29, 1.82) is 0 Å². The maximum absolute atomic E-state index is 12.5. The first kappa shape index (κ1) is 19.1. The number of carbonyl (C=O) groups is 1. The topological polar surface area (TPSA) is 81.8 Å². The van der Waals surface area contributed by atoms with Crippen LogP contribution in [-0.2, 0) is 19.4 Å². The lowest BCUT2D eigenvalue weighted by atomic mass is 10.1. The highest BCUT2D eigenvalue weighted by atomic mass is 16.3. The van der Waals surface area contributed by atoms with E-state index < -0.39 is 0 Å². The van der Waals surface area contributed by atoms with Crippen molar-refractivity contribution in [3.05, 3.63) is 47.2 Å². The summed E-state index contributed by atoms with van der Waals surface area (Å²) in [4.78, 5) is 21.4. The van der Waals surface area contributed by atoms with Gasteiger partial charge in [0.2, 0.25) is 5.89 Å². The van der Waals surface area contributed by atoms with Crippen LogP contribution >= 0.6 is 0 Å². The highest BCUT2D eigenvalue weighted by Crippen LogP contribution is 2.25. The van der Waals surface area contributed by atoms with Crippen LogP contribution in [0.4, 0.5) is 5.69 Å². The number of aliphatic hydroxyl groups is 1. The van der Waals surface area contributed by atoms with Gasteiger partial charge >= 0.3 is 0 Å². The number of carbonyl (C=O) groups excluding carboxylic acids is 1. The van der Waals surface area contributed by atoms with Crippen LogP contribution in [0.5, 0.6) is 0 Å². The molecule has 1 atom stereocenters. The van der Waals surface area contributed by atoms with Crippen LogP contribution < -0.4 is 5.32 Å². The molecular formula is C21H28N4O3. The lowest BCUT2D eigenvalue weighted by Gasteiger charge is -2.34. The van der Waals surface area contributed by atoms with Gasteiger partial charge < -0.3 is 14.8 Å². The van der Waals surface area contributed by atoms with Gasteiger partial charge in [-0.25, -0.2) is 4.98 Å². The van der Waals surface area contributed by atoms with E-state index in [2.05, 4.69) is 32.2 Å². The molecule has 1 amide bonds. The molecule has 2 aromatic rings. The van der Waals surface area contributed by atoms with Gasteiger partial charge in [-0.1, -0.05) is 6.07 Å². The summed E-state index contributed by atoms with van der Waals surface area (Å²) in [5.41, 5.74) is 3.83. The molecule has 1 fully saturated rings. The molecule has 1 aliphatic heterocycles. The fraction of sp³-hybridized carbons (Fsp3) is 0.524. The SMILES string of the molecule is C[C@@H](O)CN1CCN(Cc2nc(C(=O)Nc3ccc4c(c3)CCC4)co2)CC1. The number of piperazine rings is 1. The molecule has 2 aliphatic rings. The first-order valence-corrected chi connectivity index (χ1v) is 10.1. The van der Waals surface area contributed by atoms with Gasteiger partial charge in [-0.2, -0.15) is 0 Å². The summed E-state index contributed by atoms with van der Waals surface area (Å²) < 4.78 is 5.52. The number of benzene rings is 1. The van der Waals surface area contributed by atoms with Crippen molar-refractivity contribution in [2.75, 3.05) is 38.0 Å². The number of fused-ring (bicyclic) bond motifs is 1. The van der Waals surface area contributed by atoms with Crippen molar-refractivity contribution < 1.29 is 14.3 Å². The van der Waals surface area contributed by atoms with Crippen molar-refractivity contribution in [3.63, 3.8) is 0 Å². The summed E-state index contributed by atoms with van der Waals surface area (Å²) in [7, 11) is 0. The Morgan fingerprint density at radius 1 is 1.21 bits per heavy atom. The molecular weight excluding hydrogens is 356 g/mol. The Hall–Kier alpha value is -2.22. The average Bonchev–Trinajstić information content (AvgIpc) is 3.32.